The van der Waals surface area contributed by atoms with Crippen molar-refractivity contribution in [2.45, 2.75) is 16.2 Å². The molecule has 0 saturated carbocycles. The Labute approximate surface area is 109 Å². The standard InChI is InChI=1S/C9H6ClF3N4S/c10-5-3-4(14)1-2-6(5)18-8-15-7(16-17-8)9(11,12)13/h1-3H,14H2,(H,15,16,17). The van der Waals surface area contributed by atoms with Crippen molar-refractivity contribution in [1.82, 2.24) is 15.2 Å². The highest BCUT2D eigenvalue weighted by atomic mass is 35.5. The third-order valence-electron chi connectivity index (χ3n) is 1.89. The van der Waals surface area contributed by atoms with Crippen molar-refractivity contribution in [2.75, 3.05) is 5.73 Å². The largest absolute Gasteiger partial charge is 0.451 e. The van der Waals surface area contributed by atoms with Crippen LogP contribution in [0.3, 0.4) is 0 Å². The molecule has 0 bridgehead atoms. The lowest BCUT2D eigenvalue weighted by atomic mass is 10.3. The molecule has 0 aliphatic rings. The fourth-order valence-corrected chi connectivity index (χ4v) is 2.14. The molecule has 0 spiro atoms. The van der Waals surface area contributed by atoms with Gasteiger partial charge in [-0.2, -0.15) is 18.2 Å². The number of anilines is 1. The fraction of sp³-hybridized carbons (Fsp3) is 0.111. The molecule has 18 heavy (non-hydrogen) atoms. The Bertz CT molecular complexity index is 569. The second kappa shape index (κ2) is 4.69. The van der Waals surface area contributed by atoms with Gasteiger partial charge >= 0.3 is 6.18 Å². The predicted molar refractivity (Wildman–Crippen MR) is 61.4 cm³/mol. The third-order valence-corrected chi connectivity index (χ3v) is 3.26. The lowest BCUT2D eigenvalue weighted by Gasteiger charge is -2.01. The van der Waals surface area contributed by atoms with Gasteiger partial charge in [0.1, 0.15) is 0 Å². The third kappa shape index (κ3) is 2.88. The number of nitrogens with two attached hydrogens (primary N) is 1. The summed E-state index contributed by atoms with van der Waals surface area (Å²) in [6.45, 7) is 0. The van der Waals surface area contributed by atoms with Crippen molar-refractivity contribution in [3.8, 4) is 0 Å². The number of benzene rings is 1. The van der Waals surface area contributed by atoms with E-state index in [4.69, 9.17) is 17.3 Å². The number of nitrogens with one attached hydrogen (secondary N) is 1. The molecule has 0 aliphatic carbocycles. The normalized spacial score (nSPS) is 11.8. The summed E-state index contributed by atoms with van der Waals surface area (Å²) < 4.78 is 36.9. The molecule has 0 unspecified atom stereocenters. The van der Waals surface area contributed by atoms with Gasteiger partial charge in [0.25, 0.3) is 0 Å². The summed E-state index contributed by atoms with van der Waals surface area (Å²) in [4.78, 5) is 3.85. The summed E-state index contributed by atoms with van der Waals surface area (Å²) in [6, 6.07) is 4.68. The van der Waals surface area contributed by atoms with E-state index in [0.29, 0.717) is 15.6 Å². The number of alkyl halides is 3. The Hall–Kier alpha value is -1.41. The van der Waals surface area contributed by atoms with Gasteiger partial charge in [-0.05, 0) is 30.0 Å². The monoisotopic (exact) mass is 294 g/mol. The minimum absolute atomic E-state index is 0.0611. The molecule has 1 aromatic carbocycles. The molecule has 0 fully saturated rings. The van der Waals surface area contributed by atoms with E-state index in [0.717, 1.165) is 11.8 Å². The van der Waals surface area contributed by atoms with Crippen LogP contribution in [-0.2, 0) is 6.18 Å². The second-order valence-corrected chi connectivity index (χ2v) is 4.67. The van der Waals surface area contributed by atoms with E-state index in [2.05, 4.69) is 10.1 Å². The minimum Gasteiger partial charge on any atom is -0.399 e. The van der Waals surface area contributed by atoms with Crippen molar-refractivity contribution >= 4 is 29.1 Å². The Morgan fingerprint density at radius 1 is 1.33 bits per heavy atom. The average molecular weight is 295 g/mol. The first-order valence-electron chi connectivity index (χ1n) is 4.59. The predicted octanol–water partition coefficient (Wildman–Crippen LogP) is 3.21. The van der Waals surface area contributed by atoms with Crippen molar-refractivity contribution in [1.29, 1.82) is 0 Å². The summed E-state index contributed by atoms with van der Waals surface area (Å²) in [5.74, 6) is -1.14. The quantitative estimate of drug-likeness (QED) is 0.835. The van der Waals surface area contributed by atoms with Crippen LogP contribution in [0.25, 0.3) is 0 Å². The number of halogens is 4. The molecule has 3 N–H and O–H groups in total. The van der Waals surface area contributed by atoms with Crippen molar-refractivity contribution < 1.29 is 13.2 Å². The van der Waals surface area contributed by atoms with Crippen LogP contribution in [0.2, 0.25) is 5.02 Å². The minimum atomic E-state index is -4.54. The van der Waals surface area contributed by atoms with Gasteiger partial charge in [-0.1, -0.05) is 11.6 Å². The fourth-order valence-electron chi connectivity index (χ4n) is 1.12. The summed E-state index contributed by atoms with van der Waals surface area (Å²) in [5.41, 5.74) is 5.97. The highest BCUT2D eigenvalue weighted by Crippen LogP contribution is 2.34. The first-order chi connectivity index (χ1) is 8.36. The van der Waals surface area contributed by atoms with Gasteiger partial charge in [-0.3, -0.25) is 5.10 Å². The van der Waals surface area contributed by atoms with Crippen LogP contribution in [0, 0.1) is 0 Å². The van der Waals surface area contributed by atoms with Crippen LogP contribution in [0.15, 0.2) is 28.3 Å². The molecule has 0 atom stereocenters. The van der Waals surface area contributed by atoms with Crippen LogP contribution in [0.4, 0.5) is 18.9 Å². The van der Waals surface area contributed by atoms with E-state index >= 15 is 0 Å². The summed E-state index contributed by atoms with van der Waals surface area (Å²) in [6.07, 6.45) is -4.54. The van der Waals surface area contributed by atoms with Crippen molar-refractivity contribution in [2.24, 2.45) is 0 Å². The molecule has 0 radical (unpaired) electrons. The lowest BCUT2D eigenvalue weighted by Crippen LogP contribution is -2.07. The van der Waals surface area contributed by atoms with Gasteiger partial charge in [0.05, 0.1) is 5.02 Å². The summed E-state index contributed by atoms with van der Waals surface area (Å²) >= 11 is 6.81. The Kier molecular flexibility index (Phi) is 3.40. The number of rotatable bonds is 2. The van der Waals surface area contributed by atoms with E-state index in [9.17, 15) is 13.2 Å². The first kappa shape index (κ1) is 13.0. The van der Waals surface area contributed by atoms with Crippen LogP contribution in [0.1, 0.15) is 5.82 Å². The van der Waals surface area contributed by atoms with Crippen molar-refractivity contribution in [3.05, 3.63) is 29.0 Å². The SMILES string of the molecule is Nc1ccc(Sc2n[nH]c(C(F)(F)F)n2)c(Cl)c1. The van der Waals surface area contributed by atoms with Crippen LogP contribution >= 0.6 is 23.4 Å². The molecule has 4 nitrogen and oxygen atoms in total. The molecular formula is C9H6ClF3N4S. The number of aromatic nitrogens is 3. The van der Waals surface area contributed by atoms with Crippen LogP contribution in [0.5, 0.6) is 0 Å². The molecule has 1 aromatic heterocycles. The molecule has 0 saturated heterocycles. The second-order valence-electron chi connectivity index (χ2n) is 3.26. The zero-order valence-electron chi connectivity index (χ0n) is 8.62. The van der Waals surface area contributed by atoms with E-state index in [1.54, 1.807) is 12.1 Å². The van der Waals surface area contributed by atoms with Gasteiger partial charge in [0.2, 0.25) is 11.0 Å². The molecule has 0 aliphatic heterocycles. The summed E-state index contributed by atoms with van der Waals surface area (Å²) in [5, 5.41) is 5.55. The topological polar surface area (TPSA) is 67.6 Å². The molecule has 96 valence electrons. The van der Waals surface area contributed by atoms with Gasteiger partial charge in [0.15, 0.2) is 0 Å². The number of hydrogen-bond acceptors (Lipinski definition) is 4. The van der Waals surface area contributed by atoms with E-state index in [1.165, 1.54) is 6.07 Å². The van der Waals surface area contributed by atoms with E-state index < -0.39 is 12.0 Å². The maximum absolute atomic E-state index is 12.3. The van der Waals surface area contributed by atoms with Crippen LogP contribution in [-0.4, -0.2) is 15.2 Å². The lowest BCUT2D eigenvalue weighted by molar-refractivity contribution is -0.144. The van der Waals surface area contributed by atoms with Gasteiger partial charge in [-0.15, -0.1) is 5.10 Å². The van der Waals surface area contributed by atoms with E-state index in [1.807, 2.05) is 5.10 Å². The van der Waals surface area contributed by atoms with Gasteiger partial charge in [-0.25, -0.2) is 0 Å². The average Bonchev–Trinajstić information content (AvgIpc) is 2.70. The number of hydrogen-bond donors (Lipinski definition) is 2. The number of nitrogen functional groups attached to an aromatic ring is 1. The Balaban J connectivity index is 2.21. The highest BCUT2D eigenvalue weighted by Gasteiger charge is 2.35. The zero-order valence-corrected chi connectivity index (χ0v) is 10.2. The molecule has 0 amide bonds. The molecule has 2 rings (SSSR count). The van der Waals surface area contributed by atoms with Crippen molar-refractivity contribution in [3.63, 3.8) is 0 Å². The number of aromatic amines is 1. The molecular weight excluding hydrogens is 289 g/mol. The molecule has 1 heterocycles. The molecule has 2 aromatic rings. The van der Waals surface area contributed by atoms with Crippen LogP contribution < -0.4 is 5.73 Å². The zero-order chi connectivity index (χ0) is 13.3. The first-order valence-corrected chi connectivity index (χ1v) is 5.78. The maximum Gasteiger partial charge on any atom is 0.451 e. The van der Waals surface area contributed by atoms with Gasteiger partial charge < -0.3 is 5.73 Å². The Morgan fingerprint density at radius 2 is 2.06 bits per heavy atom. The van der Waals surface area contributed by atoms with Gasteiger partial charge in [0, 0.05) is 10.6 Å². The smallest absolute Gasteiger partial charge is 0.399 e. The molecule has 9 heteroatoms. The highest BCUT2D eigenvalue weighted by molar-refractivity contribution is 7.99. The van der Waals surface area contributed by atoms with E-state index in [-0.39, 0.29) is 5.16 Å². The number of nitrogens with zero attached hydrogens (tertiary/aromatic N) is 2. The Morgan fingerprint density at radius 3 is 2.61 bits per heavy atom. The summed E-state index contributed by atoms with van der Waals surface area (Å²) in [7, 11) is 0. The maximum atomic E-state index is 12.3. The number of H-pyrrole nitrogens is 1.